The standard InChI is InChI=1S/C7H4Cl2O2.H3N/c8-5-3-1-2-4(6(5)9)7(10)11;/h1-3H,(H,10,11);1H3. The van der Waals surface area contributed by atoms with Gasteiger partial charge in [0, 0.05) is 0 Å². The van der Waals surface area contributed by atoms with Crippen molar-refractivity contribution in [2.45, 2.75) is 0 Å². The molecule has 0 atom stereocenters. The van der Waals surface area contributed by atoms with Gasteiger partial charge in [-0.05, 0) is 12.1 Å². The van der Waals surface area contributed by atoms with Gasteiger partial charge in [0.2, 0.25) is 0 Å². The van der Waals surface area contributed by atoms with Crippen LogP contribution >= 0.6 is 23.2 Å². The molecule has 0 unspecified atom stereocenters. The van der Waals surface area contributed by atoms with Crippen LogP contribution in [0.5, 0.6) is 0 Å². The summed E-state index contributed by atoms with van der Waals surface area (Å²) in [5.74, 6) is -1.07. The van der Waals surface area contributed by atoms with E-state index in [9.17, 15) is 4.79 Å². The Labute approximate surface area is 79.5 Å². The monoisotopic (exact) mass is 207 g/mol. The molecule has 5 heteroatoms. The zero-order valence-corrected chi connectivity index (χ0v) is 7.56. The molecule has 12 heavy (non-hydrogen) atoms. The van der Waals surface area contributed by atoms with Crippen molar-refractivity contribution in [1.82, 2.24) is 6.15 Å². The number of aromatic carboxylic acids is 1. The molecular formula is C7H7Cl2NO2. The maximum absolute atomic E-state index is 10.4. The fourth-order valence-electron chi connectivity index (χ4n) is 0.669. The first kappa shape index (κ1) is 11.2. The Morgan fingerprint density at radius 2 is 1.92 bits per heavy atom. The number of carboxylic acid groups (broad SMARTS) is 1. The third-order valence-electron chi connectivity index (χ3n) is 1.18. The molecule has 0 radical (unpaired) electrons. The predicted octanol–water partition coefficient (Wildman–Crippen LogP) is 2.85. The van der Waals surface area contributed by atoms with Crippen molar-refractivity contribution >= 4 is 29.2 Å². The number of hydrogen-bond donors (Lipinski definition) is 2. The van der Waals surface area contributed by atoms with Crippen LogP contribution < -0.4 is 6.15 Å². The van der Waals surface area contributed by atoms with Gasteiger partial charge < -0.3 is 11.3 Å². The Hall–Kier alpha value is -0.770. The lowest BCUT2D eigenvalue weighted by atomic mass is 10.2. The quantitative estimate of drug-likeness (QED) is 0.745. The van der Waals surface area contributed by atoms with Crippen LogP contribution in [0.2, 0.25) is 10.0 Å². The molecule has 1 rings (SSSR count). The van der Waals surface area contributed by atoms with Crippen molar-refractivity contribution in [3.05, 3.63) is 33.8 Å². The van der Waals surface area contributed by atoms with Crippen molar-refractivity contribution < 1.29 is 9.90 Å². The van der Waals surface area contributed by atoms with Crippen LogP contribution in [0.15, 0.2) is 18.2 Å². The minimum Gasteiger partial charge on any atom is -0.478 e. The predicted molar refractivity (Wildman–Crippen MR) is 48.4 cm³/mol. The van der Waals surface area contributed by atoms with Crippen molar-refractivity contribution in [2.75, 3.05) is 0 Å². The van der Waals surface area contributed by atoms with E-state index in [0.717, 1.165) is 0 Å². The van der Waals surface area contributed by atoms with Crippen LogP contribution in [0.4, 0.5) is 0 Å². The van der Waals surface area contributed by atoms with E-state index < -0.39 is 5.97 Å². The third kappa shape index (κ3) is 2.11. The summed E-state index contributed by atoms with van der Waals surface area (Å²) in [7, 11) is 0. The smallest absolute Gasteiger partial charge is 0.337 e. The van der Waals surface area contributed by atoms with Crippen LogP contribution in [-0.2, 0) is 0 Å². The fourth-order valence-corrected chi connectivity index (χ4v) is 1.05. The second-order valence-electron chi connectivity index (χ2n) is 1.91. The van der Waals surface area contributed by atoms with Crippen molar-refractivity contribution in [1.29, 1.82) is 0 Å². The summed E-state index contributed by atoms with van der Waals surface area (Å²) < 4.78 is 0. The van der Waals surface area contributed by atoms with Gasteiger partial charge in [0.1, 0.15) is 0 Å². The summed E-state index contributed by atoms with van der Waals surface area (Å²) in [4.78, 5) is 10.4. The molecule has 0 saturated carbocycles. The molecular weight excluding hydrogens is 201 g/mol. The molecule has 66 valence electrons. The Morgan fingerprint density at radius 3 is 2.33 bits per heavy atom. The summed E-state index contributed by atoms with van der Waals surface area (Å²) >= 11 is 11.1. The highest BCUT2D eigenvalue weighted by Gasteiger charge is 2.09. The summed E-state index contributed by atoms with van der Waals surface area (Å²) in [6.07, 6.45) is 0. The summed E-state index contributed by atoms with van der Waals surface area (Å²) in [6, 6.07) is 4.48. The molecule has 0 heterocycles. The average molecular weight is 208 g/mol. The summed E-state index contributed by atoms with van der Waals surface area (Å²) in [5.41, 5.74) is 0.0270. The molecule has 0 spiro atoms. The largest absolute Gasteiger partial charge is 0.478 e. The van der Waals surface area contributed by atoms with Gasteiger partial charge in [-0.2, -0.15) is 0 Å². The van der Waals surface area contributed by atoms with E-state index in [0.29, 0.717) is 0 Å². The maximum atomic E-state index is 10.4. The zero-order chi connectivity index (χ0) is 8.43. The number of benzene rings is 1. The molecule has 0 aromatic heterocycles. The van der Waals surface area contributed by atoms with E-state index >= 15 is 0 Å². The molecule has 1 aromatic carbocycles. The SMILES string of the molecule is N.O=C(O)c1cccc(Cl)c1Cl. The second-order valence-corrected chi connectivity index (χ2v) is 2.69. The zero-order valence-electron chi connectivity index (χ0n) is 6.05. The highest BCUT2D eigenvalue weighted by atomic mass is 35.5. The van der Waals surface area contributed by atoms with E-state index in [4.69, 9.17) is 28.3 Å². The molecule has 1 aromatic rings. The Balaban J connectivity index is 0.00000121. The second kappa shape index (κ2) is 4.30. The number of hydrogen-bond acceptors (Lipinski definition) is 2. The molecule has 3 nitrogen and oxygen atoms in total. The molecule has 0 bridgehead atoms. The first-order chi connectivity index (χ1) is 5.13. The minimum atomic E-state index is -1.07. The molecule has 0 fully saturated rings. The van der Waals surface area contributed by atoms with Crippen molar-refractivity contribution in [3.8, 4) is 0 Å². The van der Waals surface area contributed by atoms with Gasteiger partial charge in [-0.3, -0.25) is 0 Å². The average Bonchev–Trinajstić information content (AvgIpc) is 1.94. The van der Waals surface area contributed by atoms with E-state index in [1.54, 1.807) is 0 Å². The van der Waals surface area contributed by atoms with Crippen molar-refractivity contribution in [3.63, 3.8) is 0 Å². The van der Waals surface area contributed by atoms with Gasteiger partial charge in [-0.1, -0.05) is 29.3 Å². The van der Waals surface area contributed by atoms with Gasteiger partial charge in [-0.25, -0.2) is 4.79 Å². The van der Waals surface area contributed by atoms with Crippen LogP contribution in [-0.4, -0.2) is 11.1 Å². The topological polar surface area (TPSA) is 72.3 Å². The summed E-state index contributed by atoms with van der Waals surface area (Å²) in [5, 5.41) is 8.89. The normalized spacial score (nSPS) is 8.83. The number of halogens is 2. The number of carbonyl (C=O) groups is 1. The van der Waals surface area contributed by atoms with Gasteiger partial charge in [0.25, 0.3) is 0 Å². The number of carboxylic acids is 1. The highest BCUT2D eigenvalue weighted by Crippen LogP contribution is 2.25. The molecule has 0 aliphatic heterocycles. The lowest BCUT2D eigenvalue weighted by Crippen LogP contribution is -1.96. The van der Waals surface area contributed by atoms with Crippen LogP contribution in [0.3, 0.4) is 0 Å². The molecule has 4 N–H and O–H groups in total. The van der Waals surface area contributed by atoms with Gasteiger partial charge in [-0.15, -0.1) is 0 Å². The maximum Gasteiger partial charge on any atom is 0.337 e. The number of rotatable bonds is 1. The lowest BCUT2D eigenvalue weighted by Gasteiger charge is -1.98. The first-order valence-corrected chi connectivity index (χ1v) is 3.56. The highest BCUT2D eigenvalue weighted by molar-refractivity contribution is 6.43. The molecule has 0 aliphatic carbocycles. The van der Waals surface area contributed by atoms with Gasteiger partial charge in [0.15, 0.2) is 0 Å². The first-order valence-electron chi connectivity index (χ1n) is 2.80. The fraction of sp³-hybridized carbons (Fsp3) is 0. The van der Waals surface area contributed by atoms with E-state index in [1.807, 2.05) is 0 Å². The lowest BCUT2D eigenvalue weighted by molar-refractivity contribution is 0.0697. The molecule has 0 amide bonds. The van der Waals surface area contributed by atoms with E-state index in [2.05, 4.69) is 0 Å². The van der Waals surface area contributed by atoms with E-state index in [1.165, 1.54) is 18.2 Å². The minimum absolute atomic E-state index is 0. The molecule has 0 saturated heterocycles. The Kier molecular flexibility index (Phi) is 4.03. The molecule has 0 aliphatic rings. The Morgan fingerprint density at radius 1 is 1.33 bits per heavy atom. The Bertz CT molecular complexity index is 301. The van der Waals surface area contributed by atoms with E-state index in [-0.39, 0.29) is 21.8 Å². The van der Waals surface area contributed by atoms with Gasteiger partial charge >= 0.3 is 5.97 Å². The van der Waals surface area contributed by atoms with Crippen molar-refractivity contribution in [2.24, 2.45) is 0 Å². The summed E-state index contributed by atoms with van der Waals surface area (Å²) in [6.45, 7) is 0. The van der Waals surface area contributed by atoms with Crippen LogP contribution in [0.25, 0.3) is 0 Å². The third-order valence-corrected chi connectivity index (χ3v) is 2.00. The van der Waals surface area contributed by atoms with Gasteiger partial charge in [0.05, 0.1) is 15.6 Å². The van der Waals surface area contributed by atoms with Crippen LogP contribution in [0.1, 0.15) is 10.4 Å². The van der Waals surface area contributed by atoms with Crippen LogP contribution in [0, 0.1) is 0 Å².